The van der Waals surface area contributed by atoms with Gasteiger partial charge in [-0.1, -0.05) is 12.1 Å². The van der Waals surface area contributed by atoms with Crippen molar-refractivity contribution in [2.45, 2.75) is 18.0 Å². The van der Waals surface area contributed by atoms with Crippen molar-refractivity contribution in [3.63, 3.8) is 0 Å². The first-order valence-electron chi connectivity index (χ1n) is 8.04. The lowest BCUT2D eigenvalue weighted by molar-refractivity contribution is -0.137. The molecule has 0 bridgehead atoms. The van der Waals surface area contributed by atoms with Gasteiger partial charge in [-0.15, -0.1) is 0 Å². The molecule has 0 saturated heterocycles. The number of halogens is 3. The zero-order valence-corrected chi connectivity index (χ0v) is 16.2. The van der Waals surface area contributed by atoms with E-state index in [0.29, 0.717) is 5.56 Å². The number of aryl methyl sites for hydroxylation is 1. The summed E-state index contributed by atoms with van der Waals surface area (Å²) in [5.74, 6) is -0.745. The molecule has 0 aliphatic heterocycles. The number of nitrogens with zero attached hydrogens (tertiary/aromatic N) is 1. The van der Waals surface area contributed by atoms with Gasteiger partial charge in [-0.2, -0.15) is 13.2 Å². The van der Waals surface area contributed by atoms with Crippen LogP contribution in [0.1, 0.15) is 11.1 Å². The Morgan fingerprint density at radius 2 is 1.82 bits per heavy atom. The van der Waals surface area contributed by atoms with Gasteiger partial charge in [-0.05, 0) is 42.8 Å². The van der Waals surface area contributed by atoms with E-state index in [0.717, 1.165) is 16.4 Å². The first kappa shape index (κ1) is 21.7. The summed E-state index contributed by atoms with van der Waals surface area (Å²) in [6.45, 7) is 1.14. The topological polar surface area (TPSA) is 75.7 Å². The molecule has 28 heavy (non-hydrogen) atoms. The summed E-state index contributed by atoms with van der Waals surface area (Å²) in [4.78, 5) is 12.1. The van der Waals surface area contributed by atoms with Crippen LogP contribution in [0.3, 0.4) is 0 Å². The molecular formula is C18H19F3N2O4S. The second-order valence-corrected chi connectivity index (χ2v) is 8.28. The Morgan fingerprint density at radius 1 is 1.14 bits per heavy atom. The van der Waals surface area contributed by atoms with Gasteiger partial charge in [0.15, 0.2) is 6.61 Å². The van der Waals surface area contributed by atoms with Crippen molar-refractivity contribution in [2.75, 3.05) is 26.0 Å². The lowest BCUT2D eigenvalue weighted by atomic mass is 10.2. The molecule has 1 N–H and O–H groups in total. The number of amides is 1. The van der Waals surface area contributed by atoms with Gasteiger partial charge in [-0.25, -0.2) is 12.7 Å². The Balaban J connectivity index is 2.10. The summed E-state index contributed by atoms with van der Waals surface area (Å²) in [6, 6.07) is 8.44. The monoisotopic (exact) mass is 416 g/mol. The largest absolute Gasteiger partial charge is 0.484 e. The summed E-state index contributed by atoms with van der Waals surface area (Å²) < 4.78 is 68.7. The average molecular weight is 416 g/mol. The summed E-state index contributed by atoms with van der Waals surface area (Å²) in [6.07, 6.45) is -4.52. The van der Waals surface area contributed by atoms with E-state index in [1.807, 2.05) is 0 Å². The minimum Gasteiger partial charge on any atom is -0.484 e. The number of hydrogen-bond acceptors (Lipinski definition) is 4. The molecule has 0 aliphatic carbocycles. The van der Waals surface area contributed by atoms with Crippen LogP contribution in [0.5, 0.6) is 5.75 Å². The molecule has 0 saturated carbocycles. The molecule has 0 unspecified atom stereocenters. The Kier molecular flexibility index (Phi) is 6.35. The summed E-state index contributed by atoms with van der Waals surface area (Å²) in [5, 5.41) is 2.51. The number of ether oxygens (including phenoxy) is 1. The molecule has 2 aromatic carbocycles. The normalized spacial score (nSPS) is 12.1. The van der Waals surface area contributed by atoms with E-state index in [4.69, 9.17) is 4.74 Å². The molecule has 2 aromatic rings. The molecule has 152 valence electrons. The van der Waals surface area contributed by atoms with Crippen molar-refractivity contribution in [3.05, 3.63) is 53.6 Å². The molecule has 0 aliphatic rings. The third-order valence-corrected chi connectivity index (χ3v) is 5.60. The zero-order valence-electron chi connectivity index (χ0n) is 15.4. The highest BCUT2D eigenvalue weighted by Crippen LogP contribution is 2.31. The smallest absolute Gasteiger partial charge is 0.416 e. The maximum atomic E-state index is 12.7. The molecule has 0 radical (unpaired) electrons. The molecule has 10 heteroatoms. The Labute approximate surface area is 161 Å². The van der Waals surface area contributed by atoms with E-state index < -0.39 is 34.3 Å². The predicted molar refractivity (Wildman–Crippen MR) is 97.6 cm³/mol. The number of nitrogens with one attached hydrogen (secondary N) is 1. The van der Waals surface area contributed by atoms with Crippen molar-refractivity contribution in [1.82, 2.24) is 4.31 Å². The Morgan fingerprint density at radius 3 is 2.43 bits per heavy atom. The number of rotatable bonds is 6. The Bertz CT molecular complexity index is 973. The van der Waals surface area contributed by atoms with Crippen molar-refractivity contribution in [1.29, 1.82) is 0 Å². The average Bonchev–Trinajstić information content (AvgIpc) is 2.61. The first-order chi connectivity index (χ1) is 12.9. The third kappa shape index (κ3) is 5.23. The number of hydrogen-bond donors (Lipinski definition) is 1. The molecule has 6 nitrogen and oxygen atoms in total. The second kappa shape index (κ2) is 8.19. The number of carbonyl (C=O) groups excluding carboxylic acids is 1. The fourth-order valence-corrected chi connectivity index (χ4v) is 3.13. The maximum Gasteiger partial charge on any atom is 0.416 e. The van der Waals surface area contributed by atoms with Gasteiger partial charge in [0.05, 0.1) is 10.5 Å². The van der Waals surface area contributed by atoms with Crippen molar-refractivity contribution < 1.29 is 31.1 Å². The van der Waals surface area contributed by atoms with Crippen LogP contribution in [-0.2, 0) is 21.0 Å². The quantitative estimate of drug-likeness (QED) is 0.784. The molecule has 0 heterocycles. The Hall–Kier alpha value is -2.59. The molecule has 0 spiro atoms. The third-order valence-electron chi connectivity index (χ3n) is 3.79. The van der Waals surface area contributed by atoms with Crippen LogP contribution in [0.2, 0.25) is 0 Å². The van der Waals surface area contributed by atoms with Crippen LogP contribution < -0.4 is 10.1 Å². The van der Waals surface area contributed by atoms with Crippen LogP contribution in [0.15, 0.2) is 47.4 Å². The summed E-state index contributed by atoms with van der Waals surface area (Å²) >= 11 is 0. The molecule has 2 rings (SSSR count). The summed E-state index contributed by atoms with van der Waals surface area (Å²) in [7, 11) is -0.911. The van der Waals surface area contributed by atoms with Crippen molar-refractivity contribution >= 4 is 21.6 Å². The lowest BCUT2D eigenvalue weighted by Crippen LogP contribution is -2.23. The van der Waals surface area contributed by atoms with Crippen LogP contribution in [0.25, 0.3) is 0 Å². The van der Waals surface area contributed by atoms with E-state index in [1.165, 1.54) is 38.4 Å². The van der Waals surface area contributed by atoms with Crippen LogP contribution in [0.4, 0.5) is 18.9 Å². The fourth-order valence-electron chi connectivity index (χ4n) is 2.20. The zero-order chi connectivity index (χ0) is 21.1. The van der Waals surface area contributed by atoms with E-state index in [2.05, 4.69) is 5.32 Å². The number of alkyl halides is 3. The standard InChI is InChI=1S/C18H19F3N2O4S/c1-12-7-8-15(28(25,26)23(2)3)10-16(12)22-17(24)11-27-14-6-4-5-13(9-14)18(19,20)21/h4-10H,11H2,1-3H3,(H,22,24). The van der Waals surface area contributed by atoms with Gasteiger partial charge < -0.3 is 10.1 Å². The second-order valence-electron chi connectivity index (χ2n) is 6.13. The van der Waals surface area contributed by atoms with Crippen LogP contribution in [0, 0.1) is 6.92 Å². The van der Waals surface area contributed by atoms with E-state index in [-0.39, 0.29) is 16.3 Å². The van der Waals surface area contributed by atoms with E-state index >= 15 is 0 Å². The highest BCUT2D eigenvalue weighted by molar-refractivity contribution is 7.89. The van der Waals surface area contributed by atoms with Crippen LogP contribution in [-0.4, -0.2) is 39.3 Å². The minimum atomic E-state index is -4.52. The number of benzene rings is 2. The van der Waals surface area contributed by atoms with Gasteiger partial charge >= 0.3 is 6.18 Å². The molecule has 0 fully saturated rings. The first-order valence-corrected chi connectivity index (χ1v) is 9.48. The molecule has 0 atom stereocenters. The summed E-state index contributed by atoms with van der Waals surface area (Å²) in [5.41, 5.74) is -0.00598. The number of anilines is 1. The number of carbonyl (C=O) groups is 1. The molecular weight excluding hydrogens is 397 g/mol. The highest BCUT2D eigenvalue weighted by Gasteiger charge is 2.30. The highest BCUT2D eigenvalue weighted by atomic mass is 32.2. The van der Waals surface area contributed by atoms with Crippen molar-refractivity contribution in [3.8, 4) is 5.75 Å². The van der Waals surface area contributed by atoms with Gasteiger partial charge in [-0.3, -0.25) is 4.79 Å². The van der Waals surface area contributed by atoms with Gasteiger partial charge in [0, 0.05) is 19.8 Å². The van der Waals surface area contributed by atoms with Crippen molar-refractivity contribution in [2.24, 2.45) is 0 Å². The van der Waals surface area contributed by atoms with Gasteiger partial charge in [0.1, 0.15) is 5.75 Å². The van der Waals surface area contributed by atoms with E-state index in [1.54, 1.807) is 13.0 Å². The SMILES string of the molecule is Cc1ccc(S(=O)(=O)N(C)C)cc1NC(=O)COc1cccc(C(F)(F)F)c1. The number of sulfonamides is 1. The lowest BCUT2D eigenvalue weighted by Gasteiger charge is -2.15. The molecule has 0 aromatic heterocycles. The van der Waals surface area contributed by atoms with Gasteiger partial charge in [0.2, 0.25) is 10.0 Å². The van der Waals surface area contributed by atoms with Gasteiger partial charge in [0.25, 0.3) is 5.91 Å². The minimum absolute atomic E-state index is 0.00260. The van der Waals surface area contributed by atoms with E-state index in [9.17, 15) is 26.4 Å². The predicted octanol–water partition coefficient (Wildman–Crippen LogP) is 3.28. The molecule has 1 amide bonds. The van der Waals surface area contributed by atoms with Crippen LogP contribution >= 0.6 is 0 Å². The maximum absolute atomic E-state index is 12.7. The fraction of sp³-hybridized carbons (Fsp3) is 0.278.